The molecule has 0 saturated heterocycles. The number of hydrogen-bond acceptors (Lipinski definition) is 0. The molecule has 0 aromatic rings. The second-order valence-electron chi connectivity index (χ2n) is 6.01. The average molecular weight is 354 g/mol. The largest absolute Gasteiger partial charge is 0.0811 e. The molecule has 1 unspecified atom stereocenters. The Morgan fingerprint density at radius 1 is 1.50 bits per heavy atom. The van der Waals surface area contributed by atoms with E-state index in [4.69, 9.17) is 0 Å². The van der Waals surface area contributed by atoms with E-state index in [0.717, 1.165) is 12.8 Å². The van der Waals surface area contributed by atoms with Gasteiger partial charge in [-0.2, -0.15) is 0 Å². The zero-order chi connectivity index (χ0) is 13.3. The topological polar surface area (TPSA) is 0 Å². The SMILES string of the molecule is CC/C=C(I)\C=C1/CC2=C(CC(C)C=C2)C1(C)C. The average Bonchev–Trinajstić information content (AvgIpc) is 2.52. The Kier molecular flexibility index (Phi) is 4.20. The molecular weight excluding hydrogens is 331 g/mol. The van der Waals surface area contributed by atoms with Gasteiger partial charge in [0.2, 0.25) is 0 Å². The first-order valence-electron chi connectivity index (χ1n) is 6.92. The number of allylic oxidation sites excluding steroid dienone is 8. The Balaban J connectivity index is 2.31. The molecule has 98 valence electrons. The van der Waals surface area contributed by atoms with E-state index in [9.17, 15) is 0 Å². The van der Waals surface area contributed by atoms with Crippen molar-refractivity contribution >= 4 is 22.6 Å². The fourth-order valence-corrected chi connectivity index (χ4v) is 3.81. The second-order valence-corrected chi connectivity index (χ2v) is 7.26. The van der Waals surface area contributed by atoms with E-state index in [1.807, 2.05) is 0 Å². The number of hydrogen-bond donors (Lipinski definition) is 0. The maximum Gasteiger partial charge on any atom is 0.00898 e. The molecule has 0 amide bonds. The van der Waals surface area contributed by atoms with Crippen LogP contribution in [0.4, 0.5) is 0 Å². The van der Waals surface area contributed by atoms with E-state index < -0.39 is 0 Å². The van der Waals surface area contributed by atoms with Crippen LogP contribution in [0.2, 0.25) is 0 Å². The molecule has 18 heavy (non-hydrogen) atoms. The lowest BCUT2D eigenvalue weighted by atomic mass is 9.77. The third kappa shape index (κ3) is 2.66. The molecule has 0 bridgehead atoms. The molecule has 0 heterocycles. The quantitative estimate of drug-likeness (QED) is 0.537. The lowest BCUT2D eigenvalue weighted by Gasteiger charge is -2.28. The van der Waals surface area contributed by atoms with Crippen LogP contribution in [-0.2, 0) is 0 Å². The van der Waals surface area contributed by atoms with Crippen LogP contribution in [0.15, 0.2) is 44.6 Å². The molecule has 0 aromatic carbocycles. The summed E-state index contributed by atoms with van der Waals surface area (Å²) in [6, 6.07) is 0. The van der Waals surface area contributed by atoms with Crippen LogP contribution in [0.1, 0.15) is 47.0 Å². The van der Waals surface area contributed by atoms with Crippen molar-refractivity contribution < 1.29 is 0 Å². The third-order valence-corrected chi connectivity index (χ3v) is 4.94. The molecule has 0 aliphatic heterocycles. The molecule has 1 atom stereocenters. The number of rotatable bonds is 2. The van der Waals surface area contributed by atoms with Crippen LogP contribution in [-0.4, -0.2) is 0 Å². The summed E-state index contributed by atoms with van der Waals surface area (Å²) in [5.41, 5.74) is 5.08. The van der Waals surface area contributed by atoms with E-state index >= 15 is 0 Å². The smallest absolute Gasteiger partial charge is 0.00898 e. The Morgan fingerprint density at radius 2 is 2.22 bits per heavy atom. The number of halogens is 1. The van der Waals surface area contributed by atoms with Crippen LogP contribution in [0, 0.1) is 11.3 Å². The Morgan fingerprint density at radius 3 is 2.89 bits per heavy atom. The van der Waals surface area contributed by atoms with Crippen molar-refractivity contribution in [2.45, 2.75) is 47.0 Å². The molecule has 1 heteroatoms. The van der Waals surface area contributed by atoms with Crippen LogP contribution < -0.4 is 0 Å². The molecule has 0 aromatic heterocycles. The van der Waals surface area contributed by atoms with Gasteiger partial charge < -0.3 is 0 Å². The van der Waals surface area contributed by atoms with Gasteiger partial charge in [-0.05, 0) is 59.4 Å². The second kappa shape index (κ2) is 5.36. The van der Waals surface area contributed by atoms with Gasteiger partial charge in [0, 0.05) is 8.99 Å². The Bertz CT molecular complexity index is 458. The highest BCUT2D eigenvalue weighted by molar-refractivity contribution is 14.1. The monoisotopic (exact) mass is 354 g/mol. The van der Waals surface area contributed by atoms with Crippen LogP contribution in [0.3, 0.4) is 0 Å². The molecule has 0 fully saturated rings. The zero-order valence-corrected chi connectivity index (χ0v) is 14.0. The molecule has 0 saturated carbocycles. The summed E-state index contributed by atoms with van der Waals surface area (Å²) < 4.78 is 1.38. The molecule has 0 N–H and O–H groups in total. The minimum atomic E-state index is 0.256. The zero-order valence-electron chi connectivity index (χ0n) is 11.9. The standard InChI is InChI=1S/C17H23I/c1-5-6-15(18)11-14-10-13-8-7-12(2)9-16(13)17(14,3)4/h6-8,11-12H,5,9-10H2,1-4H3/b14-11+,15-6+. The highest BCUT2D eigenvalue weighted by Gasteiger charge is 2.37. The summed E-state index contributed by atoms with van der Waals surface area (Å²) >= 11 is 2.45. The van der Waals surface area contributed by atoms with Gasteiger partial charge in [-0.1, -0.05) is 57.1 Å². The molecule has 0 radical (unpaired) electrons. The van der Waals surface area contributed by atoms with Gasteiger partial charge >= 0.3 is 0 Å². The Hall–Kier alpha value is -0.310. The molecule has 2 rings (SSSR count). The summed E-state index contributed by atoms with van der Waals surface area (Å²) in [5, 5.41) is 0. The summed E-state index contributed by atoms with van der Waals surface area (Å²) in [5.74, 6) is 0.702. The first kappa shape index (κ1) is 14.1. The lowest BCUT2D eigenvalue weighted by molar-refractivity contribution is 0.506. The third-order valence-electron chi connectivity index (χ3n) is 4.19. The predicted octanol–water partition coefficient (Wildman–Crippen LogP) is 5.96. The van der Waals surface area contributed by atoms with Crippen molar-refractivity contribution in [3.05, 3.63) is 44.6 Å². The highest BCUT2D eigenvalue weighted by Crippen LogP contribution is 2.51. The van der Waals surface area contributed by atoms with Crippen molar-refractivity contribution in [1.82, 2.24) is 0 Å². The van der Waals surface area contributed by atoms with Crippen LogP contribution in [0.25, 0.3) is 0 Å². The van der Waals surface area contributed by atoms with Gasteiger partial charge in [0.1, 0.15) is 0 Å². The van der Waals surface area contributed by atoms with Crippen LogP contribution >= 0.6 is 22.6 Å². The summed E-state index contributed by atoms with van der Waals surface area (Å²) in [4.78, 5) is 0. The molecule has 2 aliphatic carbocycles. The van der Waals surface area contributed by atoms with Crippen molar-refractivity contribution in [2.24, 2.45) is 11.3 Å². The van der Waals surface area contributed by atoms with Crippen LogP contribution in [0.5, 0.6) is 0 Å². The van der Waals surface area contributed by atoms with Gasteiger partial charge in [0.25, 0.3) is 0 Å². The van der Waals surface area contributed by atoms with Gasteiger partial charge in [-0.25, -0.2) is 0 Å². The lowest BCUT2D eigenvalue weighted by Crippen LogP contribution is -2.15. The Labute approximate surface area is 125 Å². The maximum atomic E-state index is 2.45. The van der Waals surface area contributed by atoms with E-state index in [0.29, 0.717) is 5.92 Å². The summed E-state index contributed by atoms with van der Waals surface area (Å²) in [6.07, 6.45) is 12.9. The molecule has 0 nitrogen and oxygen atoms in total. The molecular formula is C17H23I. The summed E-state index contributed by atoms with van der Waals surface area (Å²) in [7, 11) is 0. The van der Waals surface area contributed by atoms with Gasteiger partial charge in [0.15, 0.2) is 0 Å². The highest BCUT2D eigenvalue weighted by atomic mass is 127. The normalized spacial score (nSPS) is 29.1. The first-order valence-corrected chi connectivity index (χ1v) is 8.00. The molecule has 0 spiro atoms. The first-order chi connectivity index (χ1) is 8.45. The van der Waals surface area contributed by atoms with Crippen molar-refractivity contribution in [3.63, 3.8) is 0 Å². The van der Waals surface area contributed by atoms with Crippen molar-refractivity contribution in [3.8, 4) is 0 Å². The fourth-order valence-electron chi connectivity index (χ4n) is 3.00. The van der Waals surface area contributed by atoms with Gasteiger partial charge in [-0.15, -0.1) is 0 Å². The van der Waals surface area contributed by atoms with E-state index in [2.05, 4.69) is 74.6 Å². The van der Waals surface area contributed by atoms with Crippen molar-refractivity contribution in [1.29, 1.82) is 0 Å². The fraction of sp³-hybridized carbons (Fsp3) is 0.529. The maximum absolute atomic E-state index is 2.45. The van der Waals surface area contributed by atoms with E-state index in [1.54, 1.807) is 16.7 Å². The van der Waals surface area contributed by atoms with Crippen molar-refractivity contribution in [2.75, 3.05) is 0 Å². The predicted molar refractivity (Wildman–Crippen MR) is 88.8 cm³/mol. The van der Waals surface area contributed by atoms with Gasteiger partial charge in [-0.3, -0.25) is 0 Å². The summed E-state index contributed by atoms with van der Waals surface area (Å²) in [6.45, 7) is 9.30. The van der Waals surface area contributed by atoms with E-state index in [-0.39, 0.29) is 5.41 Å². The molecule has 2 aliphatic rings. The van der Waals surface area contributed by atoms with Gasteiger partial charge in [0.05, 0.1) is 0 Å². The minimum absolute atomic E-state index is 0.256. The van der Waals surface area contributed by atoms with E-state index in [1.165, 1.54) is 10.0 Å². The minimum Gasteiger partial charge on any atom is -0.0811 e.